The molecule has 1 heteroatoms. The molecule has 5 aliphatic rings. The predicted octanol–water partition coefficient (Wildman–Crippen LogP) is 19.2. The standard InChI is InChI=1S/C40H34.C16H20S.C16H16/c1-26-12-16-30(17-13-26)39(3)22-20-28(21-23-39)29-15-19-37-34(25-29)33-18-14-27(2)24-38(33)40(37)35-10-6-4-8-31(35)32-9-5-7-11-36(32)40;1-13-5-7-14(8-6-13)15-9-11-16(12-10-15)17(2,3)4;1-11-8-9-13-12-6-4-5-7-14(12)16(2,3)15(13)10-11/h4-12,14-22,24-26H,13,23H2,1-3H3;5-12H,1-4H3;4-10H,1-3H3. The van der Waals surface area contributed by atoms with E-state index in [4.69, 9.17) is 0 Å². The Morgan fingerprint density at radius 2 is 0.932 bits per heavy atom. The van der Waals surface area contributed by atoms with Gasteiger partial charge < -0.3 is 0 Å². The summed E-state index contributed by atoms with van der Waals surface area (Å²) >= 11 is 0. The SMILES string of the molecule is Cc1ccc(-c2ccc(S(C)(C)C)cc2)cc1.Cc1ccc2c(c1)C(C)(C)c1ccccc1-2.Cc1ccc2c(c1)C1(c3ccccc3-c3ccccc31)c1ccc(C3=CCC(C)(C4=CCC(C)C=C4)C=C3)cc1-2. The molecule has 364 valence electrons. The van der Waals surface area contributed by atoms with Crippen molar-refractivity contribution in [1.82, 2.24) is 0 Å². The van der Waals surface area contributed by atoms with E-state index in [-0.39, 0.29) is 16.2 Å². The van der Waals surface area contributed by atoms with Crippen LogP contribution in [0.2, 0.25) is 0 Å². The van der Waals surface area contributed by atoms with Crippen LogP contribution in [-0.2, 0) is 10.8 Å². The Morgan fingerprint density at radius 3 is 1.49 bits per heavy atom. The van der Waals surface area contributed by atoms with Crippen LogP contribution >= 0.6 is 10.0 Å². The van der Waals surface area contributed by atoms with Crippen molar-refractivity contribution in [3.63, 3.8) is 0 Å². The maximum atomic E-state index is 2.46. The van der Waals surface area contributed by atoms with E-state index in [1.165, 1.54) is 116 Å². The fourth-order valence-electron chi connectivity index (χ4n) is 12.4. The smallest absolute Gasteiger partial charge is 0.0725 e. The fourth-order valence-corrected chi connectivity index (χ4v) is 13.3. The van der Waals surface area contributed by atoms with Crippen LogP contribution < -0.4 is 0 Å². The van der Waals surface area contributed by atoms with Gasteiger partial charge in [0.1, 0.15) is 0 Å². The van der Waals surface area contributed by atoms with Crippen molar-refractivity contribution in [3.05, 3.63) is 274 Å². The highest BCUT2D eigenvalue weighted by Gasteiger charge is 2.51. The third-order valence-corrected chi connectivity index (χ3v) is 18.3. The minimum absolute atomic E-state index is 0.0717. The van der Waals surface area contributed by atoms with Crippen LogP contribution in [0, 0.1) is 32.1 Å². The van der Waals surface area contributed by atoms with Gasteiger partial charge in [0.25, 0.3) is 0 Å². The van der Waals surface area contributed by atoms with Crippen molar-refractivity contribution >= 4 is 15.6 Å². The number of fused-ring (bicyclic) bond motifs is 13. The maximum Gasteiger partial charge on any atom is 0.0725 e. The van der Waals surface area contributed by atoms with Gasteiger partial charge in [-0.1, -0.05) is 239 Å². The molecular formula is C72H70S. The summed E-state index contributed by atoms with van der Waals surface area (Å²) in [5.41, 5.74) is 27.4. The monoisotopic (exact) mass is 967 g/mol. The van der Waals surface area contributed by atoms with Crippen LogP contribution in [0.5, 0.6) is 0 Å². The number of benzene rings is 8. The van der Waals surface area contributed by atoms with Crippen molar-refractivity contribution in [2.45, 2.75) is 77.0 Å². The molecule has 0 saturated heterocycles. The molecule has 5 aliphatic carbocycles. The van der Waals surface area contributed by atoms with E-state index in [1.807, 2.05) is 0 Å². The Kier molecular flexibility index (Phi) is 12.3. The molecule has 0 nitrogen and oxygen atoms in total. The minimum atomic E-state index is -0.608. The molecule has 2 unspecified atom stereocenters. The van der Waals surface area contributed by atoms with Gasteiger partial charge in [0, 0.05) is 10.8 Å². The van der Waals surface area contributed by atoms with Gasteiger partial charge >= 0.3 is 0 Å². The normalized spacial score (nSPS) is 18.8. The summed E-state index contributed by atoms with van der Waals surface area (Å²) in [4.78, 5) is 1.47. The first-order chi connectivity index (χ1) is 35.1. The summed E-state index contributed by atoms with van der Waals surface area (Å²) in [5, 5.41) is 0. The first-order valence-corrected chi connectivity index (χ1v) is 29.2. The van der Waals surface area contributed by atoms with Gasteiger partial charge in [-0.05, 0) is 176 Å². The largest absolute Gasteiger partial charge is 0.223 e. The summed E-state index contributed by atoms with van der Waals surface area (Å²) < 4.78 is 0. The number of hydrogen-bond acceptors (Lipinski definition) is 0. The van der Waals surface area contributed by atoms with Gasteiger partial charge in [-0.3, -0.25) is 0 Å². The maximum absolute atomic E-state index is 2.46. The lowest BCUT2D eigenvalue weighted by Crippen LogP contribution is -2.26. The lowest BCUT2D eigenvalue weighted by Gasteiger charge is -2.32. The summed E-state index contributed by atoms with van der Waals surface area (Å²) in [7, 11) is -0.608. The van der Waals surface area contributed by atoms with Crippen LogP contribution in [0.25, 0.3) is 50.1 Å². The molecule has 0 aliphatic heterocycles. The topological polar surface area (TPSA) is 0 Å². The molecule has 0 fully saturated rings. The Bertz CT molecular complexity index is 3520. The molecule has 0 amide bonds. The Labute approximate surface area is 438 Å². The third kappa shape index (κ3) is 8.45. The third-order valence-electron chi connectivity index (χ3n) is 16.6. The first kappa shape index (κ1) is 48.3. The van der Waals surface area contributed by atoms with E-state index in [0.717, 1.165) is 12.8 Å². The van der Waals surface area contributed by atoms with E-state index in [9.17, 15) is 0 Å². The van der Waals surface area contributed by atoms with E-state index in [2.05, 4.69) is 280 Å². The quantitative estimate of drug-likeness (QED) is 0.165. The minimum Gasteiger partial charge on any atom is -0.223 e. The van der Waals surface area contributed by atoms with Crippen LogP contribution in [-0.4, -0.2) is 18.8 Å². The van der Waals surface area contributed by atoms with Gasteiger partial charge in [0.05, 0.1) is 5.41 Å². The second-order valence-electron chi connectivity index (χ2n) is 22.9. The number of hydrogen-bond donors (Lipinski definition) is 0. The Balaban J connectivity index is 0.000000143. The zero-order valence-corrected chi connectivity index (χ0v) is 45.4. The molecular weight excluding hydrogens is 897 g/mol. The molecule has 8 aromatic carbocycles. The van der Waals surface area contributed by atoms with Gasteiger partial charge in [0.15, 0.2) is 0 Å². The van der Waals surface area contributed by atoms with Gasteiger partial charge in [-0.25, -0.2) is 10.0 Å². The lowest BCUT2D eigenvalue weighted by atomic mass is 9.70. The summed E-state index contributed by atoms with van der Waals surface area (Å²) in [6, 6.07) is 65.7. The predicted molar refractivity (Wildman–Crippen MR) is 317 cm³/mol. The highest BCUT2D eigenvalue weighted by atomic mass is 32.3. The summed E-state index contributed by atoms with van der Waals surface area (Å²) in [6.45, 7) is 15.8. The van der Waals surface area contributed by atoms with Crippen LogP contribution in [0.4, 0.5) is 0 Å². The second-order valence-corrected chi connectivity index (χ2v) is 27.1. The van der Waals surface area contributed by atoms with Crippen molar-refractivity contribution < 1.29 is 0 Å². The molecule has 0 saturated carbocycles. The van der Waals surface area contributed by atoms with E-state index < -0.39 is 10.0 Å². The molecule has 73 heavy (non-hydrogen) atoms. The van der Waals surface area contributed by atoms with Gasteiger partial charge in [0.2, 0.25) is 0 Å². The number of allylic oxidation sites excluding steroid dienone is 8. The first-order valence-electron chi connectivity index (χ1n) is 26.4. The number of aryl methyl sites for hydroxylation is 3. The fraction of sp³-hybridized carbons (Fsp3) is 0.222. The van der Waals surface area contributed by atoms with Gasteiger partial charge in [-0.2, -0.15) is 0 Å². The highest BCUT2D eigenvalue weighted by Crippen LogP contribution is 2.63. The molecule has 0 aromatic heterocycles. The zero-order chi connectivity index (χ0) is 50.9. The molecule has 0 bridgehead atoms. The van der Waals surface area contributed by atoms with Crippen LogP contribution in [0.15, 0.2) is 223 Å². The second kappa shape index (κ2) is 18.5. The number of rotatable bonds is 4. The van der Waals surface area contributed by atoms with Crippen molar-refractivity contribution in [1.29, 1.82) is 0 Å². The summed E-state index contributed by atoms with van der Waals surface area (Å²) in [6.07, 6.45) is 23.6. The van der Waals surface area contributed by atoms with Crippen molar-refractivity contribution in [3.8, 4) is 44.5 Å². The zero-order valence-electron chi connectivity index (χ0n) is 44.6. The Morgan fingerprint density at radius 1 is 0.438 bits per heavy atom. The van der Waals surface area contributed by atoms with Crippen LogP contribution in [0.1, 0.15) is 96.2 Å². The van der Waals surface area contributed by atoms with Crippen LogP contribution in [0.3, 0.4) is 0 Å². The van der Waals surface area contributed by atoms with Crippen molar-refractivity contribution in [2.75, 3.05) is 18.8 Å². The average molecular weight is 967 g/mol. The molecule has 0 N–H and O–H groups in total. The molecule has 1 spiro atoms. The molecule has 2 atom stereocenters. The van der Waals surface area contributed by atoms with E-state index in [0.29, 0.717) is 5.92 Å². The molecule has 0 heterocycles. The summed E-state index contributed by atoms with van der Waals surface area (Å²) in [5.74, 6) is 0.645. The molecule has 0 radical (unpaired) electrons. The van der Waals surface area contributed by atoms with E-state index in [1.54, 1.807) is 0 Å². The van der Waals surface area contributed by atoms with Crippen molar-refractivity contribution in [2.24, 2.45) is 11.3 Å². The lowest BCUT2D eigenvalue weighted by molar-refractivity contribution is 0.521. The molecule has 13 rings (SSSR count). The van der Waals surface area contributed by atoms with E-state index >= 15 is 0 Å². The Hall–Kier alpha value is -6.93. The molecule has 8 aromatic rings. The van der Waals surface area contributed by atoms with Gasteiger partial charge in [-0.15, -0.1) is 0 Å². The average Bonchev–Trinajstić information content (AvgIpc) is 3.97. The highest BCUT2D eigenvalue weighted by molar-refractivity contribution is 8.32.